The summed E-state index contributed by atoms with van der Waals surface area (Å²) in [6.45, 7) is 4.04. The molecule has 3 aromatic rings. The van der Waals surface area contributed by atoms with Gasteiger partial charge in [-0.3, -0.25) is 9.88 Å². The number of aromatic nitrogens is 4. The maximum absolute atomic E-state index is 9.71. The highest BCUT2D eigenvalue weighted by Gasteiger charge is 2.24. The van der Waals surface area contributed by atoms with E-state index in [2.05, 4.69) is 25.8 Å². The van der Waals surface area contributed by atoms with Gasteiger partial charge in [-0.1, -0.05) is 0 Å². The van der Waals surface area contributed by atoms with Crippen LogP contribution in [0.5, 0.6) is 0 Å². The Morgan fingerprint density at radius 2 is 2.00 bits per heavy atom. The molecule has 1 N–H and O–H groups in total. The molecule has 0 radical (unpaired) electrons. The number of β-amino-alcohol motifs (C(OH)–C–C–N with tert-alkyl or cyclic N) is 1. The Labute approximate surface area is 150 Å². The number of hydrogen-bond donors (Lipinski definition) is 1. The second kappa shape index (κ2) is 7.07. The fourth-order valence-corrected chi connectivity index (χ4v) is 3.31. The lowest BCUT2D eigenvalue weighted by molar-refractivity contribution is 0.188. The van der Waals surface area contributed by atoms with E-state index >= 15 is 0 Å². The van der Waals surface area contributed by atoms with E-state index in [-0.39, 0.29) is 6.61 Å². The normalized spacial score (nSPS) is 15.3. The molecule has 132 valence electrons. The van der Waals surface area contributed by atoms with Crippen molar-refractivity contribution >= 4 is 11.5 Å². The van der Waals surface area contributed by atoms with Gasteiger partial charge in [0.2, 0.25) is 0 Å². The zero-order valence-electron chi connectivity index (χ0n) is 14.3. The van der Waals surface area contributed by atoms with Gasteiger partial charge in [0.25, 0.3) is 0 Å². The molecular weight excluding hydrogens is 330 g/mol. The van der Waals surface area contributed by atoms with Crippen LogP contribution in [0.1, 0.15) is 5.56 Å². The second-order valence-electron chi connectivity index (χ2n) is 6.17. The molecule has 1 aliphatic heterocycles. The van der Waals surface area contributed by atoms with Crippen molar-refractivity contribution in [1.29, 1.82) is 5.26 Å². The molecule has 0 spiro atoms. The fraction of sp³-hybridized carbons (Fsp3) is 0.333. The molecule has 26 heavy (non-hydrogen) atoms. The van der Waals surface area contributed by atoms with Crippen molar-refractivity contribution in [1.82, 2.24) is 24.5 Å². The van der Waals surface area contributed by atoms with Gasteiger partial charge >= 0.3 is 0 Å². The number of hydrogen-bond acceptors (Lipinski definition) is 7. The minimum Gasteiger partial charge on any atom is -0.395 e. The Balaban J connectivity index is 1.74. The van der Waals surface area contributed by atoms with Crippen LogP contribution in [-0.4, -0.2) is 68.9 Å². The SMILES string of the molecule is N#Cc1c(N2CCN(CCO)CC2)nn2c(-c3cccnc3)ccnc12. The van der Waals surface area contributed by atoms with E-state index in [0.29, 0.717) is 23.6 Å². The van der Waals surface area contributed by atoms with E-state index in [9.17, 15) is 5.26 Å². The average molecular weight is 349 g/mol. The molecule has 0 atom stereocenters. The van der Waals surface area contributed by atoms with Crippen LogP contribution in [0.3, 0.4) is 0 Å². The molecule has 0 saturated carbocycles. The summed E-state index contributed by atoms with van der Waals surface area (Å²) in [6.07, 6.45) is 5.20. The first kappa shape index (κ1) is 16.4. The lowest BCUT2D eigenvalue weighted by Crippen LogP contribution is -2.47. The summed E-state index contributed by atoms with van der Waals surface area (Å²) in [7, 11) is 0. The number of nitriles is 1. The van der Waals surface area contributed by atoms with E-state index < -0.39 is 0 Å². The zero-order chi connectivity index (χ0) is 17.9. The zero-order valence-corrected chi connectivity index (χ0v) is 14.3. The molecule has 0 bridgehead atoms. The Morgan fingerprint density at radius 3 is 2.69 bits per heavy atom. The maximum Gasteiger partial charge on any atom is 0.175 e. The third-order valence-electron chi connectivity index (χ3n) is 4.66. The standard InChI is InChI=1S/C18H19N7O/c19-12-15-17-21-5-3-16(14-2-1-4-20-13-14)25(17)22-18(15)24-8-6-23(7-9-24)10-11-26/h1-5,13,26H,6-11H2. The average Bonchev–Trinajstić information content (AvgIpc) is 3.08. The molecule has 0 aromatic carbocycles. The molecule has 3 aromatic heterocycles. The third-order valence-corrected chi connectivity index (χ3v) is 4.66. The highest BCUT2D eigenvalue weighted by atomic mass is 16.3. The number of anilines is 1. The summed E-state index contributed by atoms with van der Waals surface area (Å²) in [5.41, 5.74) is 2.82. The first-order valence-electron chi connectivity index (χ1n) is 8.58. The van der Waals surface area contributed by atoms with E-state index in [4.69, 9.17) is 10.2 Å². The van der Waals surface area contributed by atoms with Crippen molar-refractivity contribution < 1.29 is 5.11 Å². The van der Waals surface area contributed by atoms with Crippen LogP contribution in [0.2, 0.25) is 0 Å². The van der Waals surface area contributed by atoms with Gasteiger partial charge in [-0.05, 0) is 18.2 Å². The summed E-state index contributed by atoms with van der Waals surface area (Å²) >= 11 is 0. The Bertz CT molecular complexity index is 939. The number of piperazine rings is 1. The predicted molar refractivity (Wildman–Crippen MR) is 96.7 cm³/mol. The Morgan fingerprint density at radius 1 is 1.15 bits per heavy atom. The van der Waals surface area contributed by atoms with Crippen molar-refractivity contribution in [2.45, 2.75) is 0 Å². The number of aliphatic hydroxyl groups is 1. The van der Waals surface area contributed by atoms with Gasteiger partial charge in [-0.15, -0.1) is 5.10 Å². The van der Waals surface area contributed by atoms with Crippen molar-refractivity contribution in [2.24, 2.45) is 0 Å². The first-order valence-corrected chi connectivity index (χ1v) is 8.58. The van der Waals surface area contributed by atoms with Gasteiger partial charge in [0.1, 0.15) is 11.6 Å². The Kier molecular flexibility index (Phi) is 4.48. The molecule has 1 aliphatic rings. The van der Waals surface area contributed by atoms with Crippen LogP contribution < -0.4 is 4.90 Å². The van der Waals surface area contributed by atoms with E-state index in [0.717, 1.165) is 37.4 Å². The third kappa shape index (κ3) is 2.87. The molecule has 0 amide bonds. The largest absolute Gasteiger partial charge is 0.395 e. The highest BCUT2D eigenvalue weighted by Crippen LogP contribution is 2.27. The number of aliphatic hydroxyl groups excluding tert-OH is 1. The summed E-state index contributed by atoms with van der Waals surface area (Å²) < 4.78 is 1.73. The van der Waals surface area contributed by atoms with E-state index in [1.165, 1.54) is 0 Å². The van der Waals surface area contributed by atoms with Crippen LogP contribution in [0.15, 0.2) is 36.8 Å². The fourth-order valence-electron chi connectivity index (χ4n) is 3.31. The van der Waals surface area contributed by atoms with Gasteiger partial charge in [0, 0.05) is 56.9 Å². The first-order chi connectivity index (χ1) is 12.8. The van der Waals surface area contributed by atoms with Gasteiger partial charge in [-0.25, -0.2) is 9.50 Å². The van der Waals surface area contributed by atoms with E-state index in [1.54, 1.807) is 23.1 Å². The second-order valence-corrected chi connectivity index (χ2v) is 6.17. The van der Waals surface area contributed by atoms with Crippen molar-refractivity contribution in [2.75, 3.05) is 44.2 Å². The molecule has 0 unspecified atom stereocenters. The van der Waals surface area contributed by atoms with Crippen molar-refractivity contribution in [3.05, 3.63) is 42.4 Å². The molecule has 4 heterocycles. The number of rotatable bonds is 4. The molecule has 1 saturated heterocycles. The Hall–Kier alpha value is -3.02. The van der Waals surface area contributed by atoms with Crippen LogP contribution in [-0.2, 0) is 0 Å². The maximum atomic E-state index is 9.71. The molecule has 8 heteroatoms. The summed E-state index contributed by atoms with van der Waals surface area (Å²) in [5, 5.41) is 23.5. The molecule has 4 rings (SSSR count). The summed E-state index contributed by atoms with van der Waals surface area (Å²) in [5.74, 6) is 0.667. The van der Waals surface area contributed by atoms with Crippen LogP contribution in [0, 0.1) is 11.3 Å². The highest BCUT2D eigenvalue weighted by molar-refractivity contribution is 5.72. The smallest absolute Gasteiger partial charge is 0.175 e. The van der Waals surface area contributed by atoms with Gasteiger partial charge in [-0.2, -0.15) is 5.26 Å². The molecule has 8 nitrogen and oxygen atoms in total. The van der Waals surface area contributed by atoms with Crippen LogP contribution in [0.25, 0.3) is 16.9 Å². The lowest BCUT2D eigenvalue weighted by Gasteiger charge is -2.34. The molecular formula is C18H19N7O. The number of nitrogens with zero attached hydrogens (tertiary/aromatic N) is 7. The van der Waals surface area contributed by atoms with Crippen LogP contribution >= 0.6 is 0 Å². The van der Waals surface area contributed by atoms with Gasteiger partial charge in [0.15, 0.2) is 11.5 Å². The number of fused-ring (bicyclic) bond motifs is 1. The van der Waals surface area contributed by atoms with Gasteiger partial charge in [0.05, 0.1) is 12.3 Å². The lowest BCUT2D eigenvalue weighted by atomic mass is 10.2. The topological polar surface area (TPSA) is 93.6 Å². The summed E-state index contributed by atoms with van der Waals surface area (Å²) in [6, 6.07) is 7.98. The monoisotopic (exact) mass is 349 g/mol. The van der Waals surface area contributed by atoms with Gasteiger partial charge < -0.3 is 10.0 Å². The van der Waals surface area contributed by atoms with E-state index in [1.807, 2.05) is 18.2 Å². The summed E-state index contributed by atoms with van der Waals surface area (Å²) in [4.78, 5) is 12.9. The minimum absolute atomic E-state index is 0.163. The number of pyridine rings is 1. The van der Waals surface area contributed by atoms with Crippen molar-refractivity contribution in [3.8, 4) is 17.3 Å². The van der Waals surface area contributed by atoms with Crippen molar-refractivity contribution in [3.63, 3.8) is 0 Å². The molecule has 1 fully saturated rings. The predicted octanol–water partition coefficient (Wildman–Crippen LogP) is 0.777. The molecule has 0 aliphatic carbocycles. The van der Waals surface area contributed by atoms with Crippen LogP contribution in [0.4, 0.5) is 5.82 Å². The minimum atomic E-state index is 0.163. The quantitative estimate of drug-likeness (QED) is 0.744.